The topological polar surface area (TPSA) is 91.3 Å². The highest BCUT2D eigenvalue weighted by atomic mass is 31.2. The summed E-state index contributed by atoms with van der Waals surface area (Å²) in [6.45, 7) is 5.66. The van der Waals surface area contributed by atoms with Crippen molar-refractivity contribution in [3.63, 3.8) is 0 Å². The number of phosphoric acid groups is 1. The number of nitrogens with zero attached hydrogens (tertiary/aromatic N) is 1. The third kappa shape index (κ3) is 38.6. The van der Waals surface area contributed by atoms with Crippen LogP contribution in [-0.4, -0.2) is 75.6 Å². The van der Waals surface area contributed by atoms with E-state index >= 15 is 0 Å². The van der Waals surface area contributed by atoms with Crippen LogP contribution in [0.1, 0.15) is 194 Å². The molecule has 0 saturated carbocycles. The molecule has 2 atom stereocenters. The lowest BCUT2D eigenvalue weighted by Gasteiger charge is -2.24. The van der Waals surface area contributed by atoms with Gasteiger partial charge in [-0.3, -0.25) is 13.8 Å². The molecule has 0 aromatic heterocycles. The number of carbonyl (C=O) groups excluding carboxylic acids is 1. The van der Waals surface area contributed by atoms with Crippen molar-refractivity contribution in [2.24, 2.45) is 0 Å². The van der Waals surface area contributed by atoms with Crippen LogP contribution in [0.3, 0.4) is 0 Å². The molecule has 0 aliphatic carbocycles. The average molecular weight is 721 g/mol. The first-order valence-corrected chi connectivity index (χ1v) is 22.3. The van der Waals surface area contributed by atoms with Crippen molar-refractivity contribution in [2.45, 2.75) is 200 Å². The minimum absolute atomic E-state index is 0.0937. The van der Waals surface area contributed by atoms with Gasteiger partial charge in [-0.1, -0.05) is 174 Å². The van der Waals surface area contributed by atoms with E-state index in [1.165, 1.54) is 141 Å². The van der Waals surface area contributed by atoms with Gasteiger partial charge in [0.15, 0.2) is 0 Å². The highest BCUT2D eigenvalue weighted by Gasteiger charge is 2.26. The Labute approximate surface area is 304 Å². The van der Waals surface area contributed by atoms with Crippen LogP contribution in [0, 0.1) is 0 Å². The molecule has 9 heteroatoms. The minimum Gasteiger partial charge on any atom is -0.457 e. The van der Waals surface area contributed by atoms with Crippen molar-refractivity contribution in [1.82, 2.24) is 0 Å². The maximum Gasteiger partial charge on any atom is 0.472 e. The van der Waals surface area contributed by atoms with Gasteiger partial charge < -0.3 is 18.9 Å². The molecule has 0 bridgehead atoms. The van der Waals surface area contributed by atoms with Crippen molar-refractivity contribution in [2.75, 3.05) is 54.1 Å². The van der Waals surface area contributed by atoms with E-state index in [1.807, 2.05) is 21.1 Å². The summed E-state index contributed by atoms with van der Waals surface area (Å²) < 4.78 is 34.9. The van der Waals surface area contributed by atoms with Gasteiger partial charge in [-0.05, 0) is 12.8 Å². The van der Waals surface area contributed by atoms with Gasteiger partial charge in [-0.15, -0.1) is 0 Å². The highest BCUT2D eigenvalue weighted by molar-refractivity contribution is 7.47. The van der Waals surface area contributed by atoms with E-state index in [-0.39, 0.29) is 25.8 Å². The van der Waals surface area contributed by atoms with Crippen LogP contribution in [0.15, 0.2) is 0 Å². The predicted octanol–water partition coefficient (Wildman–Crippen LogP) is 11.7. The Morgan fingerprint density at radius 2 is 0.939 bits per heavy atom. The average Bonchev–Trinajstić information content (AvgIpc) is 3.04. The van der Waals surface area contributed by atoms with Gasteiger partial charge in [0, 0.05) is 13.0 Å². The van der Waals surface area contributed by atoms with Crippen molar-refractivity contribution in [3.8, 4) is 0 Å². The second-order valence-corrected chi connectivity index (χ2v) is 16.8. The summed E-state index contributed by atoms with van der Waals surface area (Å²) in [7, 11) is 1.68. The quantitative estimate of drug-likeness (QED) is 0.0292. The molecule has 294 valence electrons. The number of likely N-dealkylation sites (N-methyl/N-ethyl adjacent to an activating group) is 1. The van der Waals surface area contributed by atoms with Crippen molar-refractivity contribution < 1.29 is 37.3 Å². The number of esters is 1. The number of phosphoric ester groups is 1. The van der Waals surface area contributed by atoms with Crippen LogP contribution in [-0.2, 0) is 27.9 Å². The highest BCUT2D eigenvalue weighted by Crippen LogP contribution is 2.43. The zero-order valence-corrected chi connectivity index (χ0v) is 34.1. The molecule has 0 fully saturated rings. The molecule has 0 aliphatic rings. The first kappa shape index (κ1) is 48.5. The van der Waals surface area contributed by atoms with E-state index in [2.05, 4.69) is 13.8 Å². The maximum atomic E-state index is 12.6. The molecular weight excluding hydrogens is 637 g/mol. The standard InChI is InChI=1S/C40H82NO7P/c1-6-8-10-12-14-16-18-20-21-23-25-27-29-31-33-40(42)48-39(38-47-49(43,44)46-36-34-41(3,4)5)37-45-35-32-30-28-26-24-22-19-17-15-13-11-9-7-2/h39H,6-38H2,1-5H3/p+1. The number of hydrogen-bond donors (Lipinski definition) is 1. The molecule has 0 aromatic rings. The monoisotopic (exact) mass is 721 g/mol. The normalized spacial score (nSPS) is 13.8. The van der Waals surface area contributed by atoms with Gasteiger partial charge in [0.05, 0.1) is 34.4 Å². The first-order valence-electron chi connectivity index (χ1n) is 20.8. The van der Waals surface area contributed by atoms with Crippen molar-refractivity contribution in [3.05, 3.63) is 0 Å². The molecule has 2 unspecified atom stereocenters. The fraction of sp³-hybridized carbons (Fsp3) is 0.975. The SMILES string of the molecule is CCCCCCCCCCCCCCCCC(=O)OC(COCCCCCCCCCCCCCCC)COP(=O)(O)OCC[N+](C)(C)C. The van der Waals surface area contributed by atoms with E-state index in [0.29, 0.717) is 24.1 Å². The third-order valence-electron chi connectivity index (χ3n) is 9.17. The van der Waals surface area contributed by atoms with Crippen LogP contribution < -0.4 is 0 Å². The Morgan fingerprint density at radius 1 is 0.551 bits per heavy atom. The van der Waals surface area contributed by atoms with Gasteiger partial charge >= 0.3 is 13.8 Å². The largest absolute Gasteiger partial charge is 0.472 e. The summed E-state index contributed by atoms with van der Waals surface area (Å²) in [5.74, 6) is -0.309. The van der Waals surface area contributed by atoms with Gasteiger partial charge in [-0.25, -0.2) is 4.57 Å². The predicted molar refractivity (Wildman–Crippen MR) is 206 cm³/mol. The molecule has 0 saturated heterocycles. The summed E-state index contributed by atoms with van der Waals surface area (Å²) in [4.78, 5) is 22.8. The van der Waals surface area contributed by atoms with Gasteiger partial charge in [0.2, 0.25) is 0 Å². The van der Waals surface area contributed by atoms with Crippen LogP contribution in [0.4, 0.5) is 0 Å². The molecule has 0 spiro atoms. The second-order valence-electron chi connectivity index (χ2n) is 15.4. The Hall–Kier alpha value is -0.500. The Kier molecular flexibility index (Phi) is 34.2. The van der Waals surface area contributed by atoms with Crippen LogP contribution >= 0.6 is 7.82 Å². The van der Waals surface area contributed by atoms with E-state index in [4.69, 9.17) is 18.5 Å². The van der Waals surface area contributed by atoms with Crippen LogP contribution in [0.5, 0.6) is 0 Å². The Morgan fingerprint density at radius 3 is 1.35 bits per heavy atom. The fourth-order valence-corrected chi connectivity index (χ4v) is 6.65. The zero-order valence-electron chi connectivity index (χ0n) is 33.2. The molecule has 0 heterocycles. The lowest BCUT2D eigenvalue weighted by Crippen LogP contribution is -2.37. The zero-order chi connectivity index (χ0) is 36.3. The molecule has 0 amide bonds. The summed E-state index contributed by atoms with van der Waals surface area (Å²) in [5.41, 5.74) is 0. The summed E-state index contributed by atoms with van der Waals surface area (Å²) in [6, 6.07) is 0. The number of hydrogen-bond acceptors (Lipinski definition) is 6. The lowest BCUT2D eigenvalue weighted by atomic mass is 10.0. The summed E-state index contributed by atoms with van der Waals surface area (Å²) >= 11 is 0. The lowest BCUT2D eigenvalue weighted by molar-refractivity contribution is -0.870. The number of unbranched alkanes of at least 4 members (excludes halogenated alkanes) is 25. The number of ether oxygens (including phenoxy) is 2. The molecule has 8 nitrogen and oxygen atoms in total. The fourth-order valence-electron chi connectivity index (χ4n) is 5.91. The molecule has 1 N–H and O–H groups in total. The molecule has 0 aromatic carbocycles. The Bertz CT molecular complexity index is 761. The van der Waals surface area contributed by atoms with Crippen LogP contribution in [0.25, 0.3) is 0 Å². The van der Waals surface area contributed by atoms with E-state index in [0.717, 1.165) is 32.1 Å². The van der Waals surface area contributed by atoms with Gasteiger partial charge in [0.25, 0.3) is 0 Å². The summed E-state index contributed by atoms with van der Waals surface area (Å²) in [6.07, 6.45) is 34.0. The number of rotatable bonds is 39. The Balaban J connectivity index is 4.23. The molecule has 49 heavy (non-hydrogen) atoms. The third-order valence-corrected chi connectivity index (χ3v) is 10.2. The van der Waals surface area contributed by atoms with Crippen molar-refractivity contribution in [1.29, 1.82) is 0 Å². The van der Waals surface area contributed by atoms with Gasteiger partial charge in [-0.2, -0.15) is 0 Å². The molecular formula is C40H83NO7P+. The molecule has 0 rings (SSSR count). The van der Waals surface area contributed by atoms with E-state index in [1.54, 1.807) is 0 Å². The number of carbonyl (C=O) groups is 1. The number of quaternary nitrogens is 1. The minimum atomic E-state index is -4.26. The molecule has 0 radical (unpaired) electrons. The maximum absolute atomic E-state index is 12.6. The van der Waals surface area contributed by atoms with E-state index < -0.39 is 13.9 Å². The van der Waals surface area contributed by atoms with Crippen molar-refractivity contribution >= 4 is 13.8 Å². The summed E-state index contributed by atoms with van der Waals surface area (Å²) in [5, 5.41) is 0. The smallest absolute Gasteiger partial charge is 0.457 e. The van der Waals surface area contributed by atoms with Gasteiger partial charge in [0.1, 0.15) is 19.3 Å². The van der Waals surface area contributed by atoms with E-state index in [9.17, 15) is 14.3 Å². The first-order chi connectivity index (χ1) is 23.6. The molecule has 0 aliphatic heterocycles. The second kappa shape index (κ2) is 34.6. The van der Waals surface area contributed by atoms with Crippen LogP contribution in [0.2, 0.25) is 0 Å².